The lowest BCUT2D eigenvalue weighted by Gasteiger charge is -2.11. The van der Waals surface area contributed by atoms with E-state index in [1.165, 1.54) is 5.56 Å². The molecule has 9 heteroatoms. The summed E-state index contributed by atoms with van der Waals surface area (Å²) in [5, 5.41) is 8.76. The molecule has 1 heterocycles. The molecule has 3 aromatic rings. The van der Waals surface area contributed by atoms with Gasteiger partial charge in [0, 0.05) is 30.5 Å². The van der Waals surface area contributed by atoms with E-state index in [0.29, 0.717) is 24.9 Å². The molecule has 2 aromatic carbocycles. The molecule has 8 nitrogen and oxygen atoms in total. The van der Waals surface area contributed by atoms with Crippen LogP contribution in [-0.4, -0.2) is 42.6 Å². The Labute approximate surface area is 201 Å². The molecule has 0 radical (unpaired) electrons. The highest BCUT2D eigenvalue weighted by atomic mass is 32.2. The number of carbonyl (C=O) groups is 1. The van der Waals surface area contributed by atoms with Crippen molar-refractivity contribution < 1.29 is 13.2 Å². The molecular formula is C25H31N5O3S. The fraction of sp³-hybridized carbons (Fsp3) is 0.320. The monoisotopic (exact) mass is 481 g/mol. The zero-order chi connectivity index (χ0) is 24.7. The third kappa shape index (κ3) is 7.02. The van der Waals surface area contributed by atoms with E-state index >= 15 is 0 Å². The van der Waals surface area contributed by atoms with E-state index in [1.54, 1.807) is 38.1 Å². The molecule has 180 valence electrons. The second-order valence-corrected chi connectivity index (χ2v) is 10.9. The van der Waals surface area contributed by atoms with Crippen LogP contribution in [0, 0.1) is 13.8 Å². The maximum Gasteiger partial charge on any atom is 0.224 e. The number of hydrogen-bond acceptors (Lipinski definition) is 7. The zero-order valence-corrected chi connectivity index (χ0v) is 20.7. The van der Waals surface area contributed by atoms with Gasteiger partial charge in [-0.05, 0) is 57.5 Å². The number of aromatic nitrogens is 2. The Balaban J connectivity index is 1.47. The van der Waals surface area contributed by atoms with Gasteiger partial charge in [-0.15, -0.1) is 0 Å². The third-order valence-electron chi connectivity index (χ3n) is 5.15. The standard InChI is InChI=1S/C25H31N5O3S/c1-17(2)34(32,33)22-11-7-20(8-12-22)16-24(31)26-13-14-27-25-28-19(4)15-23(30-25)29-21-9-5-18(3)6-10-21/h5-12,15,17H,13-14,16H2,1-4H3,(H,26,31)(H2,27,28,29,30). The van der Waals surface area contributed by atoms with E-state index in [9.17, 15) is 13.2 Å². The van der Waals surface area contributed by atoms with Crippen LogP contribution in [0.5, 0.6) is 0 Å². The quantitative estimate of drug-likeness (QED) is 0.378. The molecule has 1 aromatic heterocycles. The first-order valence-corrected chi connectivity index (χ1v) is 12.7. The second-order valence-electron chi connectivity index (χ2n) is 8.40. The van der Waals surface area contributed by atoms with E-state index in [2.05, 4.69) is 25.9 Å². The van der Waals surface area contributed by atoms with Gasteiger partial charge in [0.2, 0.25) is 11.9 Å². The van der Waals surface area contributed by atoms with Crippen molar-refractivity contribution in [2.75, 3.05) is 23.7 Å². The molecule has 3 rings (SSSR count). The summed E-state index contributed by atoms with van der Waals surface area (Å²) < 4.78 is 24.4. The summed E-state index contributed by atoms with van der Waals surface area (Å²) in [6.07, 6.45) is 0.174. The first-order valence-electron chi connectivity index (χ1n) is 11.2. The molecule has 0 aliphatic carbocycles. The average molecular weight is 482 g/mol. The van der Waals surface area contributed by atoms with Gasteiger partial charge < -0.3 is 16.0 Å². The Hall–Kier alpha value is -3.46. The summed E-state index contributed by atoms with van der Waals surface area (Å²) in [7, 11) is -3.32. The van der Waals surface area contributed by atoms with Crippen molar-refractivity contribution in [3.8, 4) is 0 Å². The first-order chi connectivity index (χ1) is 16.1. The minimum atomic E-state index is -3.32. The van der Waals surface area contributed by atoms with Crippen LogP contribution in [0.3, 0.4) is 0 Å². The molecule has 1 amide bonds. The zero-order valence-electron chi connectivity index (χ0n) is 19.9. The topological polar surface area (TPSA) is 113 Å². The number of amides is 1. The van der Waals surface area contributed by atoms with Crippen molar-refractivity contribution in [3.63, 3.8) is 0 Å². The van der Waals surface area contributed by atoms with Gasteiger partial charge in [0.05, 0.1) is 16.6 Å². The Bertz CT molecular complexity index is 1220. The highest BCUT2D eigenvalue weighted by molar-refractivity contribution is 7.92. The minimum absolute atomic E-state index is 0.145. The molecule has 0 fully saturated rings. The number of benzene rings is 2. The van der Waals surface area contributed by atoms with Gasteiger partial charge in [0.15, 0.2) is 9.84 Å². The lowest BCUT2D eigenvalue weighted by molar-refractivity contribution is -0.120. The predicted molar refractivity (Wildman–Crippen MR) is 135 cm³/mol. The van der Waals surface area contributed by atoms with E-state index < -0.39 is 15.1 Å². The van der Waals surface area contributed by atoms with Crippen LogP contribution in [0.4, 0.5) is 17.5 Å². The van der Waals surface area contributed by atoms with Crippen LogP contribution in [0.25, 0.3) is 0 Å². The van der Waals surface area contributed by atoms with Gasteiger partial charge in [-0.25, -0.2) is 13.4 Å². The van der Waals surface area contributed by atoms with Crippen molar-refractivity contribution in [2.45, 2.75) is 44.3 Å². The Morgan fingerprint density at radius 3 is 2.26 bits per heavy atom. The summed E-state index contributed by atoms with van der Waals surface area (Å²) in [5.41, 5.74) is 3.70. The SMILES string of the molecule is Cc1ccc(Nc2cc(C)nc(NCCNC(=O)Cc3ccc(S(=O)(=O)C(C)C)cc3)n2)cc1. The van der Waals surface area contributed by atoms with E-state index in [0.717, 1.165) is 16.9 Å². The van der Waals surface area contributed by atoms with Crippen LogP contribution in [0.2, 0.25) is 0 Å². The molecular weight excluding hydrogens is 450 g/mol. The molecule has 3 N–H and O–H groups in total. The van der Waals surface area contributed by atoms with Crippen molar-refractivity contribution in [2.24, 2.45) is 0 Å². The Morgan fingerprint density at radius 2 is 1.62 bits per heavy atom. The van der Waals surface area contributed by atoms with Gasteiger partial charge in [0.1, 0.15) is 5.82 Å². The molecule has 0 aliphatic rings. The smallest absolute Gasteiger partial charge is 0.224 e. The van der Waals surface area contributed by atoms with Crippen molar-refractivity contribution in [1.29, 1.82) is 0 Å². The largest absolute Gasteiger partial charge is 0.354 e. The van der Waals surface area contributed by atoms with Crippen LogP contribution in [0.1, 0.15) is 30.7 Å². The first kappa shape index (κ1) is 25.2. The molecule has 0 atom stereocenters. The van der Waals surface area contributed by atoms with Crippen LogP contribution < -0.4 is 16.0 Å². The number of rotatable bonds is 10. The third-order valence-corrected chi connectivity index (χ3v) is 7.32. The fourth-order valence-corrected chi connectivity index (χ4v) is 4.25. The lowest BCUT2D eigenvalue weighted by atomic mass is 10.1. The molecule has 0 unspecified atom stereocenters. The van der Waals surface area contributed by atoms with Crippen LogP contribution in [0.15, 0.2) is 59.5 Å². The summed E-state index contributed by atoms with van der Waals surface area (Å²) in [4.78, 5) is 21.4. The molecule has 0 spiro atoms. The molecule has 0 saturated carbocycles. The van der Waals surface area contributed by atoms with Gasteiger partial charge in [-0.1, -0.05) is 29.8 Å². The number of carbonyl (C=O) groups excluding carboxylic acids is 1. The minimum Gasteiger partial charge on any atom is -0.354 e. The Kier molecular flexibility index (Phi) is 8.22. The van der Waals surface area contributed by atoms with E-state index in [1.807, 2.05) is 44.2 Å². The van der Waals surface area contributed by atoms with Gasteiger partial charge in [-0.2, -0.15) is 4.98 Å². The summed E-state index contributed by atoms with van der Waals surface area (Å²) in [5.74, 6) is 1.02. The summed E-state index contributed by atoms with van der Waals surface area (Å²) in [6.45, 7) is 8.09. The molecule has 34 heavy (non-hydrogen) atoms. The highest BCUT2D eigenvalue weighted by Gasteiger charge is 2.18. The molecule has 0 aliphatic heterocycles. The number of nitrogens with one attached hydrogen (secondary N) is 3. The number of nitrogens with zero attached hydrogens (tertiary/aromatic N) is 2. The van der Waals surface area contributed by atoms with E-state index in [-0.39, 0.29) is 17.2 Å². The maximum absolute atomic E-state index is 12.3. The van der Waals surface area contributed by atoms with Gasteiger partial charge >= 0.3 is 0 Å². The van der Waals surface area contributed by atoms with Gasteiger partial charge in [-0.3, -0.25) is 4.79 Å². The van der Waals surface area contributed by atoms with Crippen molar-refractivity contribution in [3.05, 3.63) is 71.4 Å². The summed E-state index contributed by atoms with van der Waals surface area (Å²) in [6, 6.07) is 16.4. The van der Waals surface area contributed by atoms with E-state index in [4.69, 9.17) is 0 Å². The normalized spacial score (nSPS) is 11.3. The number of aryl methyl sites for hydroxylation is 2. The highest BCUT2D eigenvalue weighted by Crippen LogP contribution is 2.18. The summed E-state index contributed by atoms with van der Waals surface area (Å²) >= 11 is 0. The number of hydrogen-bond donors (Lipinski definition) is 3. The van der Waals surface area contributed by atoms with Crippen LogP contribution >= 0.6 is 0 Å². The average Bonchev–Trinajstić information content (AvgIpc) is 2.78. The molecule has 0 saturated heterocycles. The Morgan fingerprint density at radius 1 is 0.941 bits per heavy atom. The van der Waals surface area contributed by atoms with Crippen LogP contribution in [-0.2, 0) is 21.1 Å². The maximum atomic E-state index is 12.3. The number of anilines is 3. The van der Waals surface area contributed by atoms with Crippen molar-refractivity contribution in [1.82, 2.24) is 15.3 Å². The fourth-order valence-electron chi connectivity index (χ4n) is 3.19. The van der Waals surface area contributed by atoms with Crippen molar-refractivity contribution >= 4 is 33.2 Å². The second kappa shape index (κ2) is 11.1. The predicted octanol–water partition coefficient (Wildman–Crippen LogP) is 3.79. The molecule has 0 bridgehead atoms. The van der Waals surface area contributed by atoms with Gasteiger partial charge in [0.25, 0.3) is 0 Å². The number of sulfone groups is 1. The lowest BCUT2D eigenvalue weighted by Crippen LogP contribution is -2.30.